The molecule has 0 spiro atoms. The average Bonchev–Trinajstić information content (AvgIpc) is 2.55. The number of carbonyl (C=O) groups is 1. The molecule has 0 radical (unpaired) electrons. The number of carbonyl (C=O) groups excluding carboxylic acids is 1. The van der Waals surface area contributed by atoms with Crippen LogP contribution in [-0.2, 0) is 9.53 Å². The van der Waals surface area contributed by atoms with Crippen LogP contribution in [0.25, 0.3) is 0 Å². The second-order valence-electron chi connectivity index (χ2n) is 7.28. The summed E-state index contributed by atoms with van der Waals surface area (Å²) < 4.78 is 5.77. The number of esters is 1. The maximum Gasteiger partial charge on any atom is 0.309 e. The number of nitrogens with zero attached hydrogens (tertiary/aromatic N) is 1. The highest BCUT2D eigenvalue weighted by atomic mass is 16.5. The Balaban J connectivity index is 1.65. The second kappa shape index (κ2) is 9.18. The Morgan fingerprint density at radius 1 is 1.00 bits per heavy atom. The monoisotopic (exact) mass is 305 g/mol. The lowest BCUT2D eigenvalue weighted by molar-refractivity contribution is -0.157. The van der Waals surface area contributed by atoms with Crippen LogP contribution in [0.5, 0.6) is 0 Å². The van der Waals surface area contributed by atoms with Crippen molar-refractivity contribution in [2.45, 2.75) is 90.1 Å². The van der Waals surface area contributed by atoms with Gasteiger partial charge in [0, 0.05) is 6.42 Å². The van der Waals surface area contributed by atoms with Gasteiger partial charge in [-0.05, 0) is 69.6 Å². The van der Waals surface area contributed by atoms with Gasteiger partial charge >= 0.3 is 5.97 Å². The van der Waals surface area contributed by atoms with Crippen LogP contribution in [0.3, 0.4) is 0 Å². The number of hydrogen-bond acceptors (Lipinski definition) is 3. The Morgan fingerprint density at radius 3 is 2.18 bits per heavy atom. The summed E-state index contributed by atoms with van der Waals surface area (Å²) in [5.41, 5.74) is 0. The van der Waals surface area contributed by atoms with Crippen LogP contribution in [0.2, 0.25) is 0 Å². The average molecular weight is 305 g/mol. The first-order chi connectivity index (χ1) is 10.7. The minimum Gasteiger partial charge on any atom is -0.462 e. The summed E-state index contributed by atoms with van der Waals surface area (Å²) in [6.07, 6.45) is 13.1. The molecule has 0 atom stereocenters. The van der Waals surface area contributed by atoms with Crippen molar-refractivity contribution in [3.05, 3.63) is 0 Å². The van der Waals surface area contributed by atoms with E-state index in [1.807, 2.05) is 0 Å². The van der Waals surface area contributed by atoms with E-state index >= 15 is 0 Å². The first kappa shape index (κ1) is 17.3. The molecule has 2 aliphatic carbocycles. The molecule has 2 saturated carbocycles. The summed E-state index contributed by atoms with van der Waals surface area (Å²) in [6, 6.07) is 2.23. The van der Waals surface area contributed by atoms with Crippen molar-refractivity contribution in [3.63, 3.8) is 0 Å². The minimum atomic E-state index is 0.0652. The van der Waals surface area contributed by atoms with Crippen LogP contribution in [0.15, 0.2) is 0 Å². The molecule has 2 rings (SSSR count). The Labute approximate surface area is 135 Å². The van der Waals surface area contributed by atoms with Crippen molar-refractivity contribution in [2.24, 2.45) is 17.8 Å². The van der Waals surface area contributed by atoms with Crippen LogP contribution in [0.1, 0.15) is 84.0 Å². The molecule has 0 unspecified atom stereocenters. The highest BCUT2D eigenvalue weighted by Crippen LogP contribution is 2.34. The van der Waals surface area contributed by atoms with E-state index < -0.39 is 0 Å². The van der Waals surface area contributed by atoms with E-state index in [2.05, 4.69) is 13.0 Å². The van der Waals surface area contributed by atoms with Crippen molar-refractivity contribution in [1.82, 2.24) is 0 Å². The van der Waals surface area contributed by atoms with Gasteiger partial charge in [-0.25, -0.2) is 0 Å². The lowest BCUT2D eigenvalue weighted by Gasteiger charge is -2.31. The van der Waals surface area contributed by atoms with Crippen molar-refractivity contribution in [2.75, 3.05) is 0 Å². The number of nitriles is 1. The van der Waals surface area contributed by atoms with Gasteiger partial charge in [0.25, 0.3) is 0 Å². The van der Waals surface area contributed by atoms with E-state index in [9.17, 15) is 4.79 Å². The Hall–Kier alpha value is -1.04. The Kier molecular flexibility index (Phi) is 7.22. The zero-order chi connectivity index (χ0) is 15.8. The first-order valence-electron chi connectivity index (χ1n) is 9.30. The first-order valence-corrected chi connectivity index (χ1v) is 9.30. The maximum absolute atomic E-state index is 12.3. The molecule has 22 heavy (non-hydrogen) atoms. The quantitative estimate of drug-likeness (QED) is 0.649. The normalized spacial score (nSPS) is 32.2. The maximum atomic E-state index is 12.3. The Morgan fingerprint density at radius 2 is 1.59 bits per heavy atom. The molecule has 0 N–H and O–H groups in total. The molecule has 0 aromatic carbocycles. The van der Waals surface area contributed by atoms with E-state index in [0.717, 1.165) is 50.9 Å². The summed E-state index contributed by atoms with van der Waals surface area (Å²) in [5, 5.41) is 8.64. The van der Waals surface area contributed by atoms with Crippen LogP contribution in [0.4, 0.5) is 0 Å². The van der Waals surface area contributed by atoms with Gasteiger partial charge in [0.05, 0.1) is 12.0 Å². The van der Waals surface area contributed by atoms with E-state index in [0.29, 0.717) is 12.3 Å². The minimum absolute atomic E-state index is 0.0652. The summed E-state index contributed by atoms with van der Waals surface area (Å²) >= 11 is 0. The van der Waals surface area contributed by atoms with Gasteiger partial charge < -0.3 is 4.74 Å². The highest BCUT2D eigenvalue weighted by molar-refractivity contribution is 5.72. The van der Waals surface area contributed by atoms with Gasteiger partial charge in [-0.1, -0.05) is 19.8 Å². The molecule has 3 heteroatoms. The fourth-order valence-electron chi connectivity index (χ4n) is 4.16. The van der Waals surface area contributed by atoms with Crippen molar-refractivity contribution in [1.29, 1.82) is 5.26 Å². The summed E-state index contributed by atoms with van der Waals surface area (Å²) in [4.78, 5) is 12.3. The van der Waals surface area contributed by atoms with E-state index in [4.69, 9.17) is 10.00 Å². The van der Waals surface area contributed by atoms with E-state index in [-0.39, 0.29) is 18.0 Å². The summed E-state index contributed by atoms with van der Waals surface area (Å²) in [5.74, 6) is 1.73. The predicted molar refractivity (Wildman–Crippen MR) is 87.0 cm³/mol. The molecule has 2 fully saturated rings. The topological polar surface area (TPSA) is 50.1 Å². The van der Waals surface area contributed by atoms with E-state index in [1.165, 1.54) is 25.7 Å². The third kappa shape index (κ3) is 5.30. The highest BCUT2D eigenvalue weighted by Gasteiger charge is 2.30. The van der Waals surface area contributed by atoms with Crippen molar-refractivity contribution >= 4 is 5.97 Å². The van der Waals surface area contributed by atoms with Gasteiger partial charge in [0.15, 0.2) is 0 Å². The van der Waals surface area contributed by atoms with Gasteiger partial charge in [-0.15, -0.1) is 0 Å². The zero-order valence-corrected chi connectivity index (χ0v) is 14.1. The SMILES string of the molecule is CCCC1CCC(C(=O)OC2CCC(CCC#N)CC2)CC1. The van der Waals surface area contributed by atoms with Crippen LogP contribution in [0, 0.1) is 29.1 Å². The smallest absolute Gasteiger partial charge is 0.309 e. The molecule has 0 heterocycles. The number of rotatable bonds is 6. The largest absolute Gasteiger partial charge is 0.462 e. The third-order valence-electron chi connectivity index (χ3n) is 5.62. The molecule has 0 bridgehead atoms. The third-order valence-corrected chi connectivity index (χ3v) is 5.62. The molecule has 3 nitrogen and oxygen atoms in total. The molecule has 2 aliphatic rings. The molecular weight excluding hydrogens is 274 g/mol. The lowest BCUT2D eigenvalue weighted by atomic mass is 9.80. The molecule has 0 aromatic rings. The van der Waals surface area contributed by atoms with E-state index in [1.54, 1.807) is 0 Å². The fraction of sp³-hybridized carbons (Fsp3) is 0.895. The zero-order valence-electron chi connectivity index (χ0n) is 14.1. The number of hydrogen-bond donors (Lipinski definition) is 0. The molecule has 124 valence electrons. The van der Waals surface area contributed by atoms with Crippen LogP contribution < -0.4 is 0 Å². The van der Waals surface area contributed by atoms with Gasteiger partial charge in [-0.3, -0.25) is 4.79 Å². The van der Waals surface area contributed by atoms with Crippen molar-refractivity contribution < 1.29 is 9.53 Å². The van der Waals surface area contributed by atoms with Gasteiger partial charge in [0.2, 0.25) is 0 Å². The molecule has 0 saturated heterocycles. The standard InChI is InChI=1S/C19H31NO2/c1-2-4-15-6-10-17(11-7-15)19(21)22-18-12-8-16(9-13-18)5-3-14-20/h15-18H,2-13H2,1H3. The van der Waals surface area contributed by atoms with Gasteiger partial charge in [0.1, 0.15) is 6.10 Å². The number of ether oxygens (including phenoxy) is 1. The van der Waals surface area contributed by atoms with Crippen molar-refractivity contribution in [3.8, 4) is 6.07 Å². The molecular formula is C19H31NO2. The van der Waals surface area contributed by atoms with Crippen LogP contribution >= 0.6 is 0 Å². The molecule has 0 amide bonds. The molecule has 0 aromatic heterocycles. The molecule has 0 aliphatic heterocycles. The summed E-state index contributed by atoms with van der Waals surface area (Å²) in [7, 11) is 0. The second-order valence-corrected chi connectivity index (χ2v) is 7.28. The lowest BCUT2D eigenvalue weighted by Crippen LogP contribution is -2.30. The van der Waals surface area contributed by atoms with Crippen LogP contribution in [-0.4, -0.2) is 12.1 Å². The van der Waals surface area contributed by atoms with Gasteiger partial charge in [-0.2, -0.15) is 5.26 Å². The predicted octanol–water partition coefficient (Wildman–Crippen LogP) is 5.00. The Bertz CT molecular complexity index is 371. The fourth-order valence-corrected chi connectivity index (χ4v) is 4.16. The summed E-state index contributed by atoms with van der Waals surface area (Å²) in [6.45, 7) is 2.24.